The highest BCUT2D eigenvalue weighted by molar-refractivity contribution is 6.51. The molecule has 0 bridgehead atoms. The summed E-state index contributed by atoms with van der Waals surface area (Å²) in [5.41, 5.74) is 1.48. The first kappa shape index (κ1) is 25.7. The molecule has 3 aromatic rings. The van der Waals surface area contributed by atoms with Crippen molar-refractivity contribution in [2.24, 2.45) is 0 Å². The predicted molar refractivity (Wildman–Crippen MR) is 129 cm³/mol. The van der Waals surface area contributed by atoms with Crippen LogP contribution in [0.5, 0.6) is 11.5 Å². The number of aliphatic hydroxyl groups excluding tert-OH is 1. The van der Waals surface area contributed by atoms with Crippen molar-refractivity contribution in [3.63, 3.8) is 0 Å². The van der Waals surface area contributed by atoms with Gasteiger partial charge in [-0.15, -0.1) is 13.2 Å². The Hall–Kier alpha value is -4.34. The van der Waals surface area contributed by atoms with Crippen molar-refractivity contribution >= 4 is 23.1 Å². The largest absolute Gasteiger partial charge is 0.573 e. The molecule has 37 heavy (non-hydrogen) atoms. The third-order valence-electron chi connectivity index (χ3n) is 5.63. The zero-order chi connectivity index (χ0) is 26.9. The molecule has 4 rings (SSSR count). The van der Waals surface area contributed by atoms with Crippen LogP contribution in [0.3, 0.4) is 0 Å². The van der Waals surface area contributed by atoms with E-state index in [2.05, 4.69) is 9.72 Å². The average Bonchev–Trinajstić information content (AvgIpc) is 3.10. The van der Waals surface area contributed by atoms with Gasteiger partial charge in [-0.25, -0.2) is 0 Å². The molecular formula is C27H23F3N2O5. The van der Waals surface area contributed by atoms with Gasteiger partial charge in [-0.2, -0.15) is 0 Å². The molecule has 192 valence electrons. The van der Waals surface area contributed by atoms with Crippen molar-refractivity contribution in [2.45, 2.75) is 39.3 Å². The minimum atomic E-state index is -4.88. The molecular weight excluding hydrogens is 489 g/mol. The second-order valence-corrected chi connectivity index (χ2v) is 8.64. The normalized spacial score (nSPS) is 17.4. The Morgan fingerprint density at radius 1 is 1.03 bits per heavy atom. The summed E-state index contributed by atoms with van der Waals surface area (Å²) in [6.07, 6.45) is -2.01. The third kappa shape index (κ3) is 5.42. The number of Topliss-reactive ketones (excluding diaryl/α,β-unsaturated/α-hetero) is 1. The van der Waals surface area contributed by atoms with E-state index in [1.165, 1.54) is 24.5 Å². The Morgan fingerprint density at radius 2 is 1.68 bits per heavy atom. The second-order valence-electron chi connectivity index (χ2n) is 8.64. The quantitative estimate of drug-likeness (QED) is 0.259. The zero-order valence-corrected chi connectivity index (χ0v) is 20.1. The van der Waals surface area contributed by atoms with Gasteiger partial charge in [0.05, 0.1) is 17.7 Å². The number of ketones is 1. The van der Waals surface area contributed by atoms with Gasteiger partial charge in [0.15, 0.2) is 0 Å². The number of halogens is 3. The predicted octanol–water partition coefficient (Wildman–Crippen LogP) is 5.70. The molecule has 1 N–H and O–H groups in total. The summed E-state index contributed by atoms with van der Waals surface area (Å²) in [6.45, 7) is 5.55. The molecule has 0 aliphatic carbocycles. The molecule has 1 saturated heterocycles. The first-order valence-electron chi connectivity index (χ1n) is 11.3. The lowest BCUT2D eigenvalue weighted by atomic mass is 9.95. The first-order chi connectivity index (χ1) is 17.5. The van der Waals surface area contributed by atoms with E-state index in [4.69, 9.17) is 4.74 Å². The Morgan fingerprint density at radius 3 is 2.24 bits per heavy atom. The van der Waals surface area contributed by atoms with Crippen LogP contribution in [0.25, 0.3) is 5.76 Å². The number of aromatic nitrogens is 1. The molecule has 0 saturated carbocycles. The molecule has 1 aliphatic rings. The van der Waals surface area contributed by atoms with Gasteiger partial charge in [0, 0.05) is 23.6 Å². The van der Waals surface area contributed by atoms with Crippen molar-refractivity contribution in [3.8, 4) is 11.5 Å². The number of ether oxygens (including phenoxy) is 2. The molecule has 7 nitrogen and oxygen atoms in total. The lowest BCUT2D eigenvalue weighted by Gasteiger charge is -2.25. The van der Waals surface area contributed by atoms with E-state index in [1.54, 1.807) is 37.3 Å². The van der Waals surface area contributed by atoms with Gasteiger partial charge in [-0.1, -0.05) is 0 Å². The van der Waals surface area contributed by atoms with E-state index in [0.29, 0.717) is 22.4 Å². The van der Waals surface area contributed by atoms with Crippen LogP contribution >= 0.6 is 0 Å². The summed E-state index contributed by atoms with van der Waals surface area (Å²) < 4.78 is 47.4. The highest BCUT2D eigenvalue weighted by Gasteiger charge is 2.47. The molecule has 1 fully saturated rings. The van der Waals surface area contributed by atoms with E-state index in [-0.39, 0.29) is 23.1 Å². The van der Waals surface area contributed by atoms with Gasteiger partial charge in [0.2, 0.25) is 0 Å². The SMILES string of the molecule is Cc1cc(/C(O)=C2/C(=O)C(=O)N(c3ccc(OC(F)(F)F)cc3)C2c2ccncc2)ccc1OC(C)C. The van der Waals surface area contributed by atoms with Crippen LogP contribution in [0.4, 0.5) is 18.9 Å². The maximum absolute atomic E-state index is 13.2. The highest BCUT2D eigenvalue weighted by atomic mass is 19.4. The van der Waals surface area contributed by atoms with Gasteiger partial charge in [-0.3, -0.25) is 19.5 Å². The fourth-order valence-corrected chi connectivity index (χ4v) is 4.11. The van der Waals surface area contributed by atoms with E-state index in [0.717, 1.165) is 17.0 Å². The summed E-state index contributed by atoms with van der Waals surface area (Å²) in [7, 11) is 0. The Balaban J connectivity index is 1.81. The maximum atomic E-state index is 13.2. The average molecular weight is 512 g/mol. The number of nitrogens with zero attached hydrogens (tertiary/aromatic N) is 2. The number of amides is 1. The van der Waals surface area contributed by atoms with Crippen LogP contribution in [0.2, 0.25) is 0 Å². The summed E-state index contributed by atoms with van der Waals surface area (Å²) in [4.78, 5) is 31.5. The van der Waals surface area contributed by atoms with E-state index in [9.17, 15) is 27.9 Å². The summed E-state index contributed by atoms with van der Waals surface area (Å²) in [6, 6.07) is 11.6. The molecule has 1 amide bonds. The topological polar surface area (TPSA) is 89.0 Å². The molecule has 0 spiro atoms. The van der Waals surface area contributed by atoms with Crippen molar-refractivity contribution in [2.75, 3.05) is 4.90 Å². The van der Waals surface area contributed by atoms with Crippen molar-refractivity contribution in [1.82, 2.24) is 4.98 Å². The molecule has 1 aromatic heterocycles. The standard InChI is InChI=1S/C27H23F3N2O5/c1-15(2)36-21-9-4-18(14-16(21)3)24(33)22-23(17-10-12-31-13-11-17)32(26(35)25(22)34)19-5-7-20(8-6-19)37-27(28,29)30/h4-15,23,33H,1-3H3/b24-22-. The number of aryl methyl sites for hydroxylation is 1. The molecule has 2 aromatic carbocycles. The lowest BCUT2D eigenvalue weighted by molar-refractivity contribution is -0.274. The molecule has 2 heterocycles. The Labute approximate surface area is 210 Å². The van der Waals surface area contributed by atoms with Crippen LogP contribution in [0, 0.1) is 6.92 Å². The van der Waals surface area contributed by atoms with Crippen molar-refractivity contribution in [3.05, 3.63) is 89.3 Å². The molecule has 1 atom stereocenters. The van der Waals surface area contributed by atoms with Crippen molar-refractivity contribution < 1.29 is 37.3 Å². The minimum absolute atomic E-state index is 0.0666. The number of alkyl halides is 3. The van der Waals surface area contributed by atoms with Crippen molar-refractivity contribution in [1.29, 1.82) is 0 Å². The number of carbonyl (C=O) groups excluding carboxylic acids is 2. The summed E-state index contributed by atoms with van der Waals surface area (Å²) in [5.74, 6) is -2.13. The third-order valence-corrected chi connectivity index (χ3v) is 5.63. The Kier molecular flexibility index (Phi) is 6.93. The minimum Gasteiger partial charge on any atom is -0.507 e. The summed E-state index contributed by atoms with van der Waals surface area (Å²) in [5, 5.41) is 11.3. The number of rotatable bonds is 6. The summed E-state index contributed by atoms with van der Waals surface area (Å²) >= 11 is 0. The number of pyridine rings is 1. The number of aliphatic hydroxyl groups is 1. The number of hydrogen-bond acceptors (Lipinski definition) is 6. The zero-order valence-electron chi connectivity index (χ0n) is 20.1. The van der Waals surface area contributed by atoms with Gasteiger partial charge in [0.25, 0.3) is 11.7 Å². The maximum Gasteiger partial charge on any atom is 0.573 e. The van der Waals surface area contributed by atoms with Gasteiger partial charge < -0.3 is 14.6 Å². The second kappa shape index (κ2) is 9.96. The first-order valence-corrected chi connectivity index (χ1v) is 11.3. The highest BCUT2D eigenvalue weighted by Crippen LogP contribution is 2.42. The fourth-order valence-electron chi connectivity index (χ4n) is 4.11. The lowest BCUT2D eigenvalue weighted by Crippen LogP contribution is -2.29. The Bertz CT molecular complexity index is 1350. The van der Waals surface area contributed by atoms with E-state index >= 15 is 0 Å². The number of carbonyl (C=O) groups is 2. The van der Waals surface area contributed by atoms with Gasteiger partial charge >= 0.3 is 6.36 Å². The number of benzene rings is 2. The smallest absolute Gasteiger partial charge is 0.507 e. The van der Waals surface area contributed by atoms with Crippen LogP contribution in [0.1, 0.15) is 36.6 Å². The van der Waals surface area contributed by atoms with E-state index in [1.807, 2.05) is 13.8 Å². The van der Waals surface area contributed by atoms with Crippen LogP contribution in [0.15, 0.2) is 72.6 Å². The van der Waals surface area contributed by atoms with E-state index < -0.39 is 29.8 Å². The van der Waals surface area contributed by atoms with Gasteiger partial charge in [-0.05, 0) is 86.5 Å². The number of anilines is 1. The molecule has 10 heteroatoms. The fraction of sp³-hybridized carbons (Fsp3) is 0.222. The molecule has 1 unspecified atom stereocenters. The monoisotopic (exact) mass is 512 g/mol. The van der Waals surface area contributed by atoms with Gasteiger partial charge in [0.1, 0.15) is 17.3 Å². The van der Waals surface area contributed by atoms with Crippen LogP contribution in [-0.2, 0) is 9.59 Å². The van der Waals surface area contributed by atoms with Crippen LogP contribution in [-0.4, -0.2) is 34.2 Å². The molecule has 0 radical (unpaired) electrons. The number of hydrogen-bond donors (Lipinski definition) is 1. The van der Waals surface area contributed by atoms with Crippen LogP contribution < -0.4 is 14.4 Å². The molecule has 1 aliphatic heterocycles.